The molecule has 186 valence electrons. The van der Waals surface area contributed by atoms with Crippen molar-refractivity contribution >= 4 is 34.5 Å². The highest BCUT2D eigenvalue weighted by molar-refractivity contribution is 14.1. The summed E-state index contributed by atoms with van der Waals surface area (Å²) in [5.41, 5.74) is 0. The standard InChI is InChI=1S/C18H36O2.C6H5I.C2H3FO2/c1-2-3-4-5-6-7-8-9-10-11-12-13-14-15-16-17-18(19)20;7-6-4-2-1-3-5-6;3-1-2(4)5/h2-17H2,1H3,(H,19,20);1-5H;1H2,(H,4,5). The van der Waals surface area contributed by atoms with Crippen molar-refractivity contribution in [1.29, 1.82) is 0 Å². The van der Waals surface area contributed by atoms with E-state index in [1.165, 1.54) is 87.0 Å². The third-order valence-electron chi connectivity index (χ3n) is 4.84. The Bertz CT molecular complexity index is 526. The lowest BCUT2D eigenvalue weighted by atomic mass is 10.0. The molecule has 0 aliphatic heterocycles. The molecule has 0 aliphatic carbocycles. The van der Waals surface area contributed by atoms with Crippen LogP contribution in [-0.2, 0) is 9.59 Å². The zero-order valence-electron chi connectivity index (χ0n) is 19.9. The molecule has 0 saturated carbocycles. The second-order valence-corrected chi connectivity index (χ2v) is 9.16. The summed E-state index contributed by atoms with van der Waals surface area (Å²) in [5, 5.41) is 15.9. The van der Waals surface area contributed by atoms with Crippen LogP contribution < -0.4 is 0 Å². The van der Waals surface area contributed by atoms with Gasteiger partial charge in [0.25, 0.3) is 0 Å². The summed E-state index contributed by atoms with van der Waals surface area (Å²) in [6.07, 6.45) is 20.2. The molecule has 0 fully saturated rings. The van der Waals surface area contributed by atoms with Gasteiger partial charge in [0.15, 0.2) is 6.67 Å². The van der Waals surface area contributed by atoms with E-state index in [-0.39, 0.29) is 0 Å². The van der Waals surface area contributed by atoms with E-state index < -0.39 is 18.6 Å². The lowest BCUT2D eigenvalue weighted by molar-refractivity contribution is -0.138. The van der Waals surface area contributed by atoms with Crippen LogP contribution in [0.5, 0.6) is 0 Å². The first-order valence-electron chi connectivity index (χ1n) is 12.1. The van der Waals surface area contributed by atoms with Crippen molar-refractivity contribution in [3.05, 3.63) is 33.9 Å². The second-order valence-electron chi connectivity index (χ2n) is 7.92. The molecule has 0 amide bonds. The highest BCUT2D eigenvalue weighted by Gasteiger charge is 1.97. The summed E-state index contributed by atoms with van der Waals surface area (Å²) in [7, 11) is 0. The molecule has 0 radical (unpaired) electrons. The van der Waals surface area contributed by atoms with Crippen molar-refractivity contribution in [1.82, 2.24) is 0 Å². The van der Waals surface area contributed by atoms with Crippen LogP contribution in [0.15, 0.2) is 30.3 Å². The fraction of sp³-hybridized carbons (Fsp3) is 0.692. The molecule has 1 rings (SSSR count). The van der Waals surface area contributed by atoms with Gasteiger partial charge in [-0.15, -0.1) is 0 Å². The quantitative estimate of drug-likeness (QED) is 0.146. The Hall–Kier alpha value is -1.18. The van der Waals surface area contributed by atoms with Crippen LogP contribution in [-0.4, -0.2) is 28.8 Å². The average molecular weight is 567 g/mol. The number of carbonyl (C=O) groups is 2. The van der Waals surface area contributed by atoms with Crippen molar-refractivity contribution in [3.63, 3.8) is 0 Å². The molecule has 32 heavy (non-hydrogen) atoms. The predicted molar refractivity (Wildman–Crippen MR) is 140 cm³/mol. The zero-order valence-corrected chi connectivity index (χ0v) is 22.0. The third kappa shape index (κ3) is 33.5. The number of unbranched alkanes of at least 4 members (excludes halogenated alkanes) is 14. The molecule has 0 atom stereocenters. The van der Waals surface area contributed by atoms with Crippen LogP contribution in [0.3, 0.4) is 0 Å². The molecule has 0 aromatic heterocycles. The lowest BCUT2D eigenvalue weighted by Gasteiger charge is -2.03. The summed E-state index contributed by atoms with van der Waals surface area (Å²) in [4.78, 5) is 19.3. The van der Waals surface area contributed by atoms with E-state index in [4.69, 9.17) is 15.0 Å². The fourth-order valence-corrected chi connectivity index (χ4v) is 3.48. The molecule has 1 aromatic carbocycles. The minimum absolute atomic E-state index is 0.345. The maximum atomic E-state index is 10.5. The van der Waals surface area contributed by atoms with Gasteiger partial charge in [-0.3, -0.25) is 4.79 Å². The van der Waals surface area contributed by atoms with Crippen molar-refractivity contribution in [2.24, 2.45) is 0 Å². The van der Waals surface area contributed by atoms with Gasteiger partial charge in [-0.25, -0.2) is 9.18 Å². The average Bonchev–Trinajstić information content (AvgIpc) is 2.77. The SMILES string of the molecule is CCCCCCCCCCCCCCCCCC(=O)O.Ic1ccccc1.O=C(O)CF. The van der Waals surface area contributed by atoms with Crippen molar-refractivity contribution in [2.45, 2.75) is 110 Å². The molecule has 1 aromatic rings. The van der Waals surface area contributed by atoms with E-state index >= 15 is 0 Å². The molecule has 6 heteroatoms. The second kappa shape index (κ2) is 27.9. The lowest BCUT2D eigenvalue weighted by Crippen LogP contribution is -1.93. The maximum absolute atomic E-state index is 10.5. The third-order valence-corrected chi connectivity index (χ3v) is 5.56. The van der Waals surface area contributed by atoms with E-state index in [2.05, 4.69) is 41.6 Å². The number of halogens is 2. The molecule has 0 aliphatic rings. The van der Waals surface area contributed by atoms with E-state index in [0.717, 1.165) is 12.8 Å². The first-order valence-corrected chi connectivity index (χ1v) is 13.2. The van der Waals surface area contributed by atoms with Gasteiger partial charge in [0.05, 0.1) is 0 Å². The minimum atomic E-state index is -1.41. The number of carboxylic acid groups (broad SMARTS) is 2. The summed E-state index contributed by atoms with van der Waals surface area (Å²) >= 11 is 2.28. The Morgan fingerprint density at radius 2 is 1.03 bits per heavy atom. The molecule has 0 heterocycles. The van der Waals surface area contributed by atoms with Crippen LogP contribution >= 0.6 is 22.6 Å². The first-order chi connectivity index (χ1) is 15.4. The van der Waals surface area contributed by atoms with Crippen LogP contribution in [0, 0.1) is 3.57 Å². The van der Waals surface area contributed by atoms with Gasteiger partial charge >= 0.3 is 11.9 Å². The normalized spacial score (nSPS) is 9.84. The number of hydrogen-bond acceptors (Lipinski definition) is 2. The van der Waals surface area contributed by atoms with Gasteiger partial charge in [0, 0.05) is 9.99 Å². The molecular weight excluding hydrogens is 522 g/mol. The Balaban J connectivity index is 0. The summed E-state index contributed by atoms with van der Waals surface area (Å²) in [5.74, 6) is -2.07. The number of hydrogen-bond donors (Lipinski definition) is 2. The maximum Gasteiger partial charge on any atom is 0.335 e. The molecule has 2 N–H and O–H groups in total. The summed E-state index contributed by atoms with van der Waals surface area (Å²) in [6.45, 7) is 0.992. The Morgan fingerprint density at radius 3 is 1.28 bits per heavy atom. The number of benzene rings is 1. The smallest absolute Gasteiger partial charge is 0.335 e. The highest BCUT2D eigenvalue weighted by Crippen LogP contribution is 2.13. The first kappa shape index (κ1) is 33.0. The molecule has 4 nitrogen and oxygen atoms in total. The largest absolute Gasteiger partial charge is 0.481 e. The van der Waals surface area contributed by atoms with E-state index in [1.807, 2.05) is 18.2 Å². The monoisotopic (exact) mass is 566 g/mol. The number of alkyl halides is 1. The van der Waals surface area contributed by atoms with Crippen LogP contribution in [0.25, 0.3) is 0 Å². The van der Waals surface area contributed by atoms with Crippen molar-refractivity contribution in [2.75, 3.05) is 6.67 Å². The fourth-order valence-electron chi connectivity index (χ4n) is 3.06. The Labute approximate surface area is 208 Å². The summed E-state index contributed by atoms with van der Waals surface area (Å²) < 4.78 is 11.8. The Kier molecular flexibility index (Phi) is 28.7. The van der Waals surface area contributed by atoms with Gasteiger partial charge in [0.1, 0.15) is 0 Å². The van der Waals surface area contributed by atoms with Crippen molar-refractivity contribution < 1.29 is 24.2 Å². The molecular formula is C26H44FIO4. The molecule has 0 bridgehead atoms. The van der Waals surface area contributed by atoms with Gasteiger partial charge < -0.3 is 10.2 Å². The van der Waals surface area contributed by atoms with Crippen LogP contribution in [0.2, 0.25) is 0 Å². The molecule has 0 spiro atoms. The van der Waals surface area contributed by atoms with Crippen LogP contribution in [0.1, 0.15) is 110 Å². The highest BCUT2D eigenvalue weighted by atomic mass is 127. The van der Waals surface area contributed by atoms with Gasteiger partial charge in [-0.1, -0.05) is 115 Å². The topological polar surface area (TPSA) is 74.6 Å². The van der Waals surface area contributed by atoms with Crippen LogP contribution in [0.4, 0.5) is 4.39 Å². The number of carboxylic acids is 2. The number of rotatable bonds is 17. The molecule has 0 unspecified atom stereocenters. The van der Waals surface area contributed by atoms with Gasteiger partial charge in [0.2, 0.25) is 0 Å². The number of aliphatic carboxylic acids is 2. The summed E-state index contributed by atoms with van der Waals surface area (Å²) in [6, 6.07) is 10.2. The van der Waals surface area contributed by atoms with Crippen molar-refractivity contribution in [3.8, 4) is 0 Å². The zero-order chi connectivity index (χ0) is 24.3. The van der Waals surface area contributed by atoms with E-state index in [1.54, 1.807) is 0 Å². The van der Waals surface area contributed by atoms with E-state index in [0.29, 0.717) is 6.42 Å². The predicted octanol–water partition coefficient (Wildman–Crippen LogP) is 8.66. The van der Waals surface area contributed by atoms with Gasteiger partial charge in [-0.05, 0) is 41.1 Å². The Morgan fingerprint density at radius 1 is 0.688 bits per heavy atom. The van der Waals surface area contributed by atoms with E-state index in [9.17, 15) is 9.18 Å². The minimum Gasteiger partial charge on any atom is -0.481 e. The van der Waals surface area contributed by atoms with Gasteiger partial charge in [-0.2, -0.15) is 0 Å². The molecule has 0 saturated heterocycles.